The molecule has 1 saturated heterocycles. The maximum absolute atomic E-state index is 5.79. The molecule has 2 heterocycles. The topological polar surface area (TPSA) is 54.6 Å². The first-order valence-corrected chi connectivity index (χ1v) is 7.73. The van der Waals surface area contributed by atoms with Gasteiger partial charge in [0, 0.05) is 46.0 Å². The average molecular weight is 292 g/mol. The summed E-state index contributed by atoms with van der Waals surface area (Å²) in [4.78, 5) is 9.17. The molecule has 0 aromatic carbocycles. The average Bonchev–Trinajstić information content (AvgIpc) is 2.86. The Bertz CT molecular complexity index is 423. The molecule has 1 aromatic rings. The smallest absolute Gasteiger partial charge is 0.128 e. The Hall–Kier alpha value is -1.17. The molecule has 5 heteroatoms. The van der Waals surface area contributed by atoms with Crippen molar-refractivity contribution in [2.75, 3.05) is 45.3 Å². The third-order valence-electron chi connectivity index (χ3n) is 4.34. The summed E-state index contributed by atoms with van der Waals surface area (Å²) >= 11 is 0. The van der Waals surface area contributed by atoms with Crippen LogP contribution in [0.1, 0.15) is 18.9 Å². The maximum atomic E-state index is 5.79. The van der Waals surface area contributed by atoms with E-state index in [2.05, 4.69) is 33.8 Å². The van der Waals surface area contributed by atoms with Gasteiger partial charge in [0.05, 0.1) is 6.61 Å². The number of ether oxygens (including phenoxy) is 1. The lowest BCUT2D eigenvalue weighted by atomic mass is 10.1. The van der Waals surface area contributed by atoms with Crippen LogP contribution in [-0.2, 0) is 11.3 Å². The first kappa shape index (κ1) is 16.2. The van der Waals surface area contributed by atoms with E-state index in [0.29, 0.717) is 18.6 Å². The molecule has 0 spiro atoms. The third-order valence-corrected chi connectivity index (χ3v) is 4.34. The van der Waals surface area contributed by atoms with Crippen molar-refractivity contribution in [2.45, 2.75) is 25.9 Å². The molecule has 1 aliphatic rings. The van der Waals surface area contributed by atoms with E-state index in [4.69, 9.17) is 10.5 Å². The van der Waals surface area contributed by atoms with Crippen LogP contribution in [0.3, 0.4) is 0 Å². The minimum Gasteiger partial charge on any atom is -0.383 e. The Morgan fingerprint density at radius 3 is 2.86 bits per heavy atom. The van der Waals surface area contributed by atoms with Gasteiger partial charge in [-0.1, -0.05) is 6.07 Å². The lowest BCUT2D eigenvalue weighted by Crippen LogP contribution is -2.27. The number of likely N-dealkylation sites (tertiary alicyclic amines) is 1. The van der Waals surface area contributed by atoms with Crippen LogP contribution in [0.4, 0.5) is 5.82 Å². The quantitative estimate of drug-likeness (QED) is 0.822. The Morgan fingerprint density at radius 2 is 2.29 bits per heavy atom. The van der Waals surface area contributed by atoms with Gasteiger partial charge in [-0.2, -0.15) is 0 Å². The molecule has 2 rings (SSSR count). The molecule has 1 aliphatic heterocycles. The fraction of sp³-hybridized carbons (Fsp3) is 0.688. The standard InChI is InChI=1S/C16H28N4O/c1-13-8-15(9-17)12-20(13)11-14-4-5-16(18-10-14)19(2)6-7-21-3/h4-5,10,13,15H,6-9,11-12,17H2,1-3H3. The van der Waals surface area contributed by atoms with E-state index in [-0.39, 0.29) is 0 Å². The molecule has 2 unspecified atom stereocenters. The summed E-state index contributed by atoms with van der Waals surface area (Å²) in [5.74, 6) is 1.64. The van der Waals surface area contributed by atoms with Gasteiger partial charge in [0.15, 0.2) is 0 Å². The highest BCUT2D eigenvalue weighted by atomic mass is 16.5. The number of anilines is 1. The molecular formula is C16H28N4O. The number of hydrogen-bond acceptors (Lipinski definition) is 5. The van der Waals surface area contributed by atoms with Crippen LogP contribution in [0, 0.1) is 5.92 Å². The van der Waals surface area contributed by atoms with Gasteiger partial charge >= 0.3 is 0 Å². The number of likely N-dealkylation sites (N-methyl/N-ethyl adjacent to an activating group) is 1. The van der Waals surface area contributed by atoms with Gasteiger partial charge in [0.2, 0.25) is 0 Å². The van der Waals surface area contributed by atoms with Crippen molar-refractivity contribution in [2.24, 2.45) is 11.7 Å². The fourth-order valence-corrected chi connectivity index (χ4v) is 2.92. The van der Waals surface area contributed by atoms with Gasteiger partial charge in [-0.15, -0.1) is 0 Å². The third kappa shape index (κ3) is 4.40. The van der Waals surface area contributed by atoms with Crippen molar-refractivity contribution < 1.29 is 4.74 Å². The van der Waals surface area contributed by atoms with Gasteiger partial charge in [-0.3, -0.25) is 4.90 Å². The number of nitrogens with two attached hydrogens (primary N) is 1. The van der Waals surface area contributed by atoms with Gasteiger partial charge in [0.1, 0.15) is 5.82 Å². The zero-order valence-electron chi connectivity index (χ0n) is 13.5. The van der Waals surface area contributed by atoms with Crippen LogP contribution in [0.2, 0.25) is 0 Å². The number of rotatable bonds is 7. The van der Waals surface area contributed by atoms with Crippen molar-refractivity contribution in [1.82, 2.24) is 9.88 Å². The van der Waals surface area contributed by atoms with Gasteiger partial charge in [0.25, 0.3) is 0 Å². The summed E-state index contributed by atoms with van der Waals surface area (Å²) in [6.07, 6.45) is 3.20. The lowest BCUT2D eigenvalue weighted by Gasteiger charge is -2.22. The van der Waals surface area contributed by atoms with Crippen LogP contribution in [0.25, 0.3) is 0 Å². The van der Waals surface area contributed by atoms with E-state index in [0.717, 1.165) is 32.0 Å². The summed E-state index contributed by atoms with van der Waals surface area (Å²) in [7, 11) is 3.76. The first-order chi connectivity index (χ1) is 10.1. The second-order valence-corrected chi connectivity index (χ2v) is 6.05. The highest BCUT2D eigenvalue weighted by molar-refractivity contribution is 5.38. The van der Waals surface area contributed by atoms with Crippen LogP contribution in [0.5, 0.6) is 0 Å². The summed E-state index contributed by atoms with van der Waals surface area (Å²) in [5, 5.41) is 0. The van der Waals surface area contributed by atoms with E-state index in [1.54, 1.807) is 7.11 Å². The molecule has 1 fully saturated rings. The SMILES string of the molecule is COCCN(C)c1ccc(CN2CC(CN)CC2C)cn1. The first-order valence-electron chi connectivity index (χ1n) is 7.73. The van der Waals surface area contributed by atoms with Crippen LogP contribution in [-0.4, -0.2) is 56.3 Å². The molecule has 118 valence electrons. The molecule has 0 saturated carbocycles. The number of pyridine rings is 1. The zero-order chi connectivity index (χ0) is 15.2. The van der Waals surface area contributed by atoms with E-state index in [1.165, 1.54) is 12.0 Å². The number of hydrogen-bond donors (Lipinski definition) is 1. The number of aromatic nitrogens is 1. The monoisotopic (exact) mass is 292 g/mol. The van der Waals surface area contributed by atoms with E-state index in [1.807, 2.05) is 13.2 Å². The largest absolute Gasteiger partial charge is 0.383 e. The van der Waals surface area contributed by atoms with Crippen LogP contribution < -0.4 is 10.6 Å². The fourth-order valence-electron chi connectivity index (χ4n) is 2.92. The van der Waals surface area contributed by atoms with Crippen molar-refractivity contribution in [3.8, 4) is 0 Å². The molecule has 0 bridgehead atoms. The Morgan fingerprint density at radius 1 is 1.48 bits per heavy atom. The molecular weight excluding hydrogens is 264 g/mol. The molecule has 0 aliphatic carbocycles. The highest BCUT2D eigenvalue weighted by Gasteiger charge is 2.27. The molecule has 21 heavy (non-hydrogen) atoms. The van der Waals surface area contributed by atoms with Gasteiger partial charge in [-0.05, 0) is 37.4 Å². The van der Waals surface area contributed by atoms with Crippen LogP contribution >= 0.6 is 0 Å². The summed E-state index contributed by atoms with van der Waals surface area (Å²) in [6.45, 7) is 6.72. The van der Waals surface area contributed by atoms with Gasteiger partial charge in [-0.25, -0.2) is 4.98 Å². The number of methoxy groups -OCH3 is 1. The molecule has 0 amide bonds. The molecule has 1 aromatic heterocycles. The van der Waals surface area contributed by atoms with E-state index < -0.39 is 0 Å². The minimum atomic E-state index is 0.614. The van der Waals surface area contributed by atoms with Crippen molar-refractivity contribution in [3.63, 3.8) is 0 Å². The zero-order valence-corrected chi connectivity index (χ0v) is 13.5. The molecule has 2 N–H and O–H groups in total. The van der Waals surface area contributed by atoms with Crippen molar-refractivity contribution in [1.29, 1.82) is 0 Å². The predicted molar refractivity (Wildman–Crippen MR) is 86.4 cm³/mol. The van der Waals surface area contributed by atoms with E-state index in [9.17, 15) is 0 Å². The van der Waals surface area contributed by atoms with E-state index >= 15 is 0 Å². The Labute approximate surface area is 128 Å². The summed E-state index contributed by atoms with van der Waals surface area (Å²) < 4.78 is 5.09. The van der Waals surface area contributed by atoms with Gasteiger partial charge < -0.3 is 15.4 Å². The second-order valence-electron chi connectivity index (χ2n) is 6.05. The normalized spacial score (nSPS) is 22.7. The summed E-state index contributed by atoms with van der Waals surface area (Å²) in [6, 6.07) is 4.88. The maximum Gasteiger partial charge on any atom is 0.128 e. The van der Waals surface area contributed by atoms with Crippen molar-refractivity contribution in [3.05, 3.63) is 23.9 Å². The Balaban J connectivity index is 1.90. The predicted octanol–water partition coefficient (Wildman–Crippen LogP) is 1.33. The highest BCUT2D eigenvalue weighted by Crippen LogP contribution is 2.24. The Kier molecular flexibility index (Phi) is 5.96. The minimum absolute atomic E-state index is 0.614. The second kappa shape index (κ2) is 7.73. The van der Waals surface area contributed by atoms with Crippen molar-refractivity contribution >= 4 is 5.82 Å². The molecule has 2 atom stereocenters. The molecule has 5 nitrogen and oxygen atoms in total. The summed E-state index contributed by atoms with van der Waals surface area (Å²) in [5.41, 5.74) is 7.06. The molecule has 0 radical (unpaired) electrons. The van der Waals surface area contributed by atoms with Crippen LogP contribution in [0.15, 0.2) is 18.3 Å². The lowest BCUT2D eigenvalue weighted by molar-refractivity contribution is 0.206. The number of nitrogens with zero attached hydrogens (tertiary/aromatic N) is 3.